The molecule has 2 heterocycles. The summed E-state index contributed by atoms with van der Waals surface area (Å²) >= 11 is 0. The molecule has 1 saturated carbocycles. The standard InChI is InChI=1S/C17H27N7O3/c1-3-10-26-15-11-13(16(25)18-6-8-24-9-7-19-23-24)4-5-14(15)20-17-22-21-12(2)27-17/h7,9,13-15H,3-6,8,10-11H2,1-2H3,(H,18,25)(H,20,22)/t13-,14-,15-/m0/s1. The van der Waals surface area contributed by atoms with E-state index >= 15 is 0 Å². The molecule has 1 aliphatic rings. The number of anilines is 1. The van der Waals surface area contributed by atoms with Gasteiger partial charge in [0.25, 0.3) is 0 Å². The molecule has 2 aromatic rings. The van der Waals surface area contributed by atoms with Crippen molar-refractivity contribution in [2.45, 2.75) is 58.2 Å². The number of rotatable bonds is 9. The van der Waals surface area contributed by atoms with Crippen molar-refractivity contribution in [1.29, 1.82) is 0 Å². The molecule has 10 nitrogen and oxygen atoms in total. The molecule has 0 bridgehead atoms. The first kappa shape index (κ1) is 19.3. The van der Waals surface area contributed by atoms with Crippen LogP contribution >= 0.6 is 0 Å². The summed E-state index contributed by atoms with van der Waals surface area (Å²) in [6.45, 7) is 5.62. The summed E-state index contributed by atoms with van der Waals surface area (Å²) in [5.74, 6) is 0.515. The first-order valence-electron chi connectivity index (χ1n) is 9.45. The van der Waals surface area contributed by atoms with Crippen molar-refractivity contribution in [3.63, 3.8) is 0 Å². The van der Waals surface area contributed by atoms with E-state index in [9.17, 15) is 4.79 Å². The molecule has 1 amide bonds. The number of amides is 1. The minimum absolute atomic E-state index is 0.0515. The van der Waals surface area contributed by atoms with Crippen LogP contribution in [-0.2, 0) is 16.1 Å². The van der Waals surface area contributed by atoms with Gasteiger partial charge in [-0.3, -0.25) is 9.48 Å². The number of aryl methyl sites for hydroxylation is 1. The average Bonchev–Trinajstić information content (AvgIpc) is 3.32. The first-order valence-corrected chi connectivity index (χ1v) is 9.45. The fourth-order valence-corrected chi connectivity index (χ4v) is 3.29. The second-order valence-electron chi connectivity index (χ2n) is 6.75. The van der Waals surface area contributed by atoms with Gasteiger partial charge in [-0.25, -0.2) is 0 Å². The normalized spacial score (nSPS) is 22.5. The molecule has 2 N–H and O–H groups in total. The van der Waals surface area contributed by atoms with E-state index in [0.29, 0.717) is 38.0 Å². The predicted molar refractivity (Wildman–Crippen MR) is 96.8 cm³/mol. The molecule has 3 rings (SSSR count). The highest BCUT2D eigenvalue weighted by Crippen LogP contribution is 2.29. The maximum atomic E-state index is 12.5. The minimum Gasteiger partial charge on any atom is -0.408 e. The molecule has 1 aliphatic carbocycles. The van der Waals surface area contributed by atoms with Gasteiger partial charge >= 0.3 is 6.01 Å². The largest absolute Gasteiger partial charge is 0.408 e. The quantitative estimate of drug-likeness (QED) is 0.668. The van der Waals surface area contributed by atoms with Gasteiger partial charge in [-0.1, -0.05) is 17.2 Å². The summed E-state index contributed by atoms with van der Waals surface area (Å²) in [4.78, 5) is 12.5. The van der Waals surface area contributed by atoms with Crippen LogP contribution in [0.3, 0.4) is 0 Å². The predicted octanol–water partition coefficient (Wildman–Crippen LogP) is 1.16. The smallest absolute Gasteiger partial charge is 0.315 e. The zero-order valence-electron chi connectivity index (χ0n) is 15.8. The molecule has 3 atom stereocenters. The van der Waals surface area contributed by atoms with Crippen molar-refractivity contribution in [3.8, 4) is 0 Å². The van der Waals surface area contributed by atoms with Crippen LogP contribution in [0.1, 0.15) is 38.5 Å². The first-order chi connectivity index (χ1) is 13.2. The molecule has 2 aromatic heterocycles. The summed E-state index contributed by atoms with van der Waals surface area (Å²) in [6, 6.07) is 0.453. The third kappa shape index (κ3) is 5.49. The Morgan fingerprint density at radius 2 is 2.30 bits per heavy atom. The van der Waals surface area contributed by atoms with Gasteiger partial charge < -0.3 is 19.8 Å². The van der Waals surface area contributed by atoms with Crippen molar-refractivity contribution in [1.82, 2.24) is 30.5 Å². The maximum absolute atomic E-state index is 12.5. The van der Waals surface area contributed by atoms with Gasteiger partial charge in [0, 0.05) is 32.2 Å². The molecule has 1 fully saturated rings. The molecule has 148 valence electrons. The minimum atomic E-state index is -0.0722. The van der Waals surface area contributed by atoms with Crippen molar-refractivity contribution < 1.29 is 13.9 Å². The van der Waals surface area contributed by atoms with E-state index in [1.807, 2.05) is 0 Å². The lowest BCUT2D eigenvalue weighted by atomic mass is 9.83. The van der Waals surface area contributed by atoms with Crippen molar-refractivity contribution in [2.75, 3.05) is 18.5 Å². The third-order valence-corrected chi connectivity index (χ3v) is 4.65. The number of hydrogen-bond donors (Lipinski definition) is 2. The monoisotopic (exact) mass is 377 g/mol. The highest BCUT2D eigenvalue weighted by atomic mass is 16.5. The second kappa shape index (κ2) is 9.45. The van der Waals surface area contributed by atoms with Gasteiger partial charge in [0.2, 0.25) is 11.8 Å². The van der Waals surface area contributed by atoms with E-state index in [-0.39, 0.29) is 24.0 Å². The summed E-state index contributed by atoms with van der Waals surface area (Å²) < 4.78 is 13.1. The molecular formula is C17H27N7O3. The number of hydrogen-bond acceptors (Lipinski definition) is 8. The van der Waals surface area contributed by atoms with E-state index in [1.54, 1.807) is 24.0 Å². The summed E-state index contributed by atoms with van der Waals surface area (Å²) in [5.41, 5.74) is 0. The van der Waals surface area contributed by atoms with Crippen LogP contribution in [0.4, 0.5) is 6.01 Å². The average molecular weight is 377 g/mol. The Labute approximate surface area is 158 Å². The Bertz CT molecular complexity index is 703. The molecule has 0 saturated heterocycles. The number of nitrogens with zero attached hydrogens (tertiary/aromatic N) is 5. The van der Waals surface area contributed by atoms with E-state index in [2.05, 4.69) is 38.1 Å². The number of aromatic nitrogens is 5. The lowest BCUT2D eigenvalue weighted by molar-refractivity contribution is -0.128. The number of ether oxygens (including phenoxy) is 1. The van der Waals surface area contributed by atoms with E-state index in [4.69, 9.17) is 9.15 Å². The van der Waals surface area contributed by atoms with E-state index < -0.39 is 0 Å². The third-order valence-electron chi connectivity index (χ3n) is 4.65. The van der Waals surface area contributed by atoms with Gasteiger partial charge in [0.15, 0.2) is 0 Å². The van der Waals surface area contributed by atoms with E-state index in [1.165, 1.54) is 0 Å². The maximum Gasteiger partial charge on any atom is 0.315 e. The highest BCUT2D eigenvalue weighted by molar-refractivity contribution is 5.78. The summed E-state index contributed by atoms with van der Waals surface area (Å²) in [5, 5.41) is 21.7. The lowest BCUT2D eigenvalue weighted by Gasteiger charge is -2.35. The fourth-order valence-electron chi connectivity index (χ4n) is 3.29. The van der Waals surface area contributed by atoms with Gasteiger partial charge in [-0.15, -0.1) is 10.2 Å². The molecule has 0 aromatic carbocycles. The fraction of sp³-hybridized carbons (Fsp3) is 0.706. The Morgan fingerprint density at radius 3 is 3.00 bits per heavy atom. The van der Waals surface area contributed by atoms with Crippen molar-refractivity contribution >= 4 is 11.9 Å². The Kier molecular flexibility index (Phi) is 6.74. The Morgan fingerprint density at radius 1 is 1.41 bits per heavy atom. The lowest BCUT2D eigenvalue weighted by Crippen LogP contribution is -2.45. The van der Waals surface area contributed by atoms with Gasteiger partial charge in [-0.05, 0) is 25.7 Å². The molecule has 10 heteroatoms. The van der Waals surface area contributed by atoms with Gasteiger partial charge in [-0.2, -0.15) is 0 Å². The zero-order valence-corrected chi connectivity index (χ0v) is 15.8. The second-order valence-corrected chi connectivity index (χ2v) is 6.75. The zero-order chi connectivity index (χ0) is 19.1. The molecule has 0 unspecified atom stereocenters. The number of carbonyl (C=O) groups excluding carboxylic acids is 1. The van der Waals surface area contributed by atoms with Crippen LogP contribution in [0.25, 0.3) is 0 Å². The SMILES string of the molecule is CCCO[C@H]1C[C@@H](C(=O)NCCn2ccnn2)CC[C@@H]1Nc1nnc(C)o1. The highest BCUT2D eigenvalue weighted by Gasteiger charge is 2.35. The molecular weight excluding hydrogens is 350 g/mol. The van der Waals surface area contributed by atoms with Crippen LogP contribution in [0.2, 0.25) is 0 Å². The Hall–Kier alpha value is -2.49. The topological polar surface area (TPSA) is 120 Å². The van der Waals surface area contributed by atoms with Crippen LogP contribution in [0.15, 0.2) is 16.8 Å². The van der Waals surface area contributed by atoms with Crippen molar-refractivity contribution in [3.05, 3.63) is 18.3 Å². The van der Waals surface area contributed by atoms with Crippen molar-refractivity contribution in [2.24, 2.45) is 5.92 Å². The van der Waals surface area contributed by atoms with Crippen LogP contribution < -0.4 is 10.6 Å². The van der Waals surface area contributed by atoms with Crippen LogP contribution in [0.5, 0.6) is 0 Å². The van der Waals surface area contributed by atoms with E-state index in [0.717, 1.165) is 19.3 Å². The molecule has 0 spiro atoms. The molecule has 0 aliphatic heterocycles. The summed E-state index contributed by atoms with van der Waals surface area (Å²) in [6.07, 6.45) is 6.51. The van der Waals surface area contributed by atoms with Gasteiger partial charge in [0.1, 0.15) is 0 Å². The molecule has 0 radical (unpaired) electrons. The summed E-state index contributed by atoms with van der Waals surface area (Å²) in [7, 11) is 0. The van der Waals surface area contributed by atoms with Crippen LogP contribution in [0, 0.1) is 12.8 Å². The number of carbonyl (C=O) groups is 1. The van der Waals surface area contributed by atoms with Gasteiger partial charge in [0.05, 0.1) is 24.9 Å². The number of nitrogens with one attached hydrogen (secondary N) is 2. The van der Waals surface area contributed by atoms with Crippen LogP contribution in [-0.4, -0.2) is 56.4 Å². The molecule has 27 heavy (non-hydrogen) atoms. The Balaban J connectivity index is 1.51.